The molecule has 1 aromatic heterocycles. The number of nitrogens with two attached hydrogens (primary N) is 1. The average Bonchev–Trinajstić information content (AvgIpc) is 2.86. The van der Waals surface area contributed by atoms with Crippen molar-refractivity contribution in [3.63, 3.8) is 0 Å². The topological polar surface area (TPSA) is 47.1 Å². The molecular formula is C14H26N4. The molecule has 4 heteroatoms. The van der Waals surface area contributed by atoms with Gasteiger partial charge in [0.15, 0.2) is 0 Å². The number of nitrogens with zero attached hydrogens (tertiary/aromatic N) is 3. The van der Waals surface area contributed by atoms with Gasteiger partial charge in [0.05, 0.1) is 6.20 Å². The molecule has 1 aromatic rings. The highest BCUT2D eigenvalue weighted by molar-refractivity contribution is 5.04. The summed E-state index contributed by atoms with van der Waals surface area (Å²) >= 11 is 0. The first kappa shape index (κ1) is 13.6. The second-order valence-corrected chi connectivity index (χ2v) is 5.47. The van der Waals surface area contributed by atoms with E-state index in [1.165, 1.54) is 31.2 Å². The van der Waals surface area contributed by atoms with Crippen LogP contribution in [-0.4, -0.2) is 34.3 Å². The standard InChI is InChI=1S/C14H26N4/c1-3-18-11-12(9-16-18)10-17(2)14-7-5-4-6-13(14)8-15/h9,11,13-14H,3-8,10,15H2,1-2H3. The smallest absolute Gasteiger partial charge is 0.0534 e. The second-order valence-electron chi connectivity index (χ2n) is 5.47. The van der Waals surface area contributed by atoms with Gasteiger partial charge in [0.1, 0.15) is 0 Å². The number of rotatable bonds is 5. The first-order valence-corrected chi connectivity index (χ1v) is 7.16. The highest BCUT2D eigenvalue weighted by atomic mass is 15.3. The molecule has 0 amide bonds. The Labute approximate surface area is 110 Å². The summed E-state index contributed by atoms with van der Waals surface area (Å²) in [5.74, 6) is 0.671. The third-order valence-corrected chi connectivity index (χ3v) is 4.18. The largest absolute Gasteiger partial charge is 0.330 e. The zero-order valence-corrected chi connectivity index (χ0v) is 11.7. The van der Waals surface area contributed by atoms with Crippen molar-refractivity contribution in [2.45, 2.75) is 51.7 Å². The maximum atomic E-state index is 5.91. The van der Waals surface area contributed by atoms with Gasteiger partial charge in [-0.05, 0) is 39.3 Å². The van der Waals surface area contributed by atoms with E-state index in [9.17, 15) is 0 Å². The SMILES string of the molecule is CCn1cc(CN(C)C2CCCCC2CN)cn1. The van der Waals surface area contributed by atoms with Crippen molar-refractivity contribution in [2.24, 2.45) is 11.7 Å². The molecule has 1 aliphatic carbocycles. The van der Waals surface area contributed by atoms with Crippen LogP contribution in [0.5, 0.6) is 0 Å². The molecule has 18 heavy (non-hydrogen) atoms. The van der Waals surface area contributed by atoms with E-state index in [1.54, 1.807) is 0 Å². The number of hydrogen-bond acceptors (Lipinski definition) is 3. The van der Waals surface area contributed by atoms with Crippen molar-refractivity contribution in [1.82, 2.24) is 14.7 Å². The van der Waals surface area contributed by atoms with E-state index in [0.29, 0.717) is 12.0 Å². The van der Waals surface area contributed by atoms with Gasteiger partial charge >= 0.3 is 0 Å². The maximum Gasteiger partial charge on any atom is 0.0534 e. The number of aryl methyl sites for hydroxylation is 1. The molecule has 1 saturated carbocycles. The number of aromatic nitrogens is 2. The predicted octanol–water partition coefficient (Wildman–Crippen LogP) is 1.85. The zero-order valence-electron chi connectivity index (χ0n) is 11.7. The summed E-state index contributed by atoms with van der Waals surface area (Å²) in [5, 5.41) is 4.34. The molecule has 0 saturated heterocycles. The van der Waals surface area contributed by atoms with Crippen molar-refractivity contribution >= 4 is 0 Å². The van der Waals surface area contributed by atoms with Gasteiger partial charge in [0.2, 0.25) is 0 Å². The van der Waals surface area contributed by atoms with E-state index in [4.69, 9.17) is 5.73 Å². The van der Waals surface area contributed by atoms with E-state index < -0.39 is 0 Å². The molecule has 0 aliphatic heterocycles. The Balaban J connectivity index is 1.95. The molecule has 4 nitrogen and oxygen atoms in total. The van der Waals surface area contributed by atoms with Gasteiger partial charge in [-0.3, -0.25) is 9.58 Å². The van der Waals surface area contributed by atoms with Gasteiger partial charge in [0, 0.05) is 30.9 Å². The predicted molar refractivity (Wildman–Crippen MR) is 74.2 cm³/mol. The van der Waals surface area contributed by atoms with Crippen LogP contribution in [0.15, 0.2) is 12.4 Å². The Morgan fingerprint density at radius 2 is 2.22 bits per heavy atom. The van der Waals surface area contributed by atoms with E-state index in [-0.39, 0.29) is 0 Å². The Morgan fingerprint density at radius 1 is 1.44 bits per heavy atom. The Hall–Kier alpha value is -0.870. The molecule has 2 rings (SSSR count). The van der Waals surface area contributed by atoms with E-state index in [0.717, 1.165) is 19.6 Å². The minimum atomic E-state index is 0.647. The van der Waals surface area contributed by atoms with Crippen molar-refractivity contribution in [3.8, 4) is 0 Å². The van der Waals surface area contributed by atoms with Gasteiger partial charge in [-0.25, -0.2) is 0 Å². The molecule has 102 valence electrons. The fraction of sp³-hybridized carbons (Fsp3) is 0.786. The maximum absolute atomic E-state index is 5.91. The van der Waals surface area contributed by atoms with Gasteiger partial charge in [-0.2, -0.15) is 5.10 Å². The molecule has 2 unspecified atom stereocenters. The minimum absolute atomic E-state index is 0.647. The van der Waals surface area contributed by atoms with Gasteiger partial charge in [-0.15, -0.1) is 0 Å². The van der Waals surface area contributed by atoms with Gasteiger partial charge in [0.25, 0.3) is 0 Å². The van der Waals surface area contributed by atoms with Crippen molar-refractivity contribution in [3.05, 3.63) is 18.0 Å². The quantitative estimate of drug-likeness (QED) is 0.867. The molecule has 1 fully saturated rings. The van der Waals surface area contributed by atoms with Crippen LogP contribution >= 0.6 is 0 Å². The average molecular weight is 250 g/mol. The lowest BCUT2D eigenvalue weighted by Gasteiger charge is -2.37. The minimum Gasteiger partial charge on any atom is -0.330 e. The van der Waals surface area contributed by atoms with E-state index in [1.807, 2.05) is 10.9 Å². The highest BCUT2D eigenvalue weighted by Crippen LogP contribution is 2.27. The summed E-state index contributed by atoms with van der Waals surface area (Å²) in [7, 11) is 2.22. The van der Waals surface area contributed by atoms with Crippen LogP contribution in [-0.2, 0) is 13.1 Å². The third-order valence-electron chi connectivity index (χ3n) is 4.18. The summed E-state index contributed by atoms with van der Waals surface area (Å²) in [4.78, 5) is 2.47. The van der Waals surface area contributed by atoms with Crippen molar-refractivity contribution in [1.29, 1.82) is 0 Å². The van der Waals surface area contributed by atoms with E-state index >= 15 is 0 Å². The normalized spacial score (nSPS) is 24.7. The summed E-state index contributed by atoms with van der Waals surface area (Å²) in [6, 6.07) is 0.647. The Kier molecular flexibility index (Phi) is 4.78. The lowest BCUT2D eigenvalue weighted by Crippen LogP contribution is -2.42. The Bertz CT molecular complexity index is 360. The van der Waals surface area contributed by atoms with Crippen LogP contribution in [0, 0.1) is 5.92 Å². The first-order valence-electron chi connectivity index (χ1n) is 7.16. The number of hydrogen-bond donors (Lipinski definition) is 1. The monoisotopic (exact) mass is 250 g/mol. The lowest BCUT2D eigenvalue weighted by atomic mass is 9.83. The molecule has 2 N–H and O–H groups in total. The Morgan fingerprint density at radius 3 is 2.89 bits per heavy atom. The van der Waals surface area contributed by atoms with E-state index in [2.05, 4.69) is 30.2 Å². The van der Waals surface area contributed by atoms with Crippen LogP contribution in [0.25, 0.3) is 0 Å². The molecule has 2 atom stereocenters. The third kappa shape index (κ3) is 3.12. The fourth-order valence-electron chi connectivity index (χ4n) is 3.11. The lowest BCUT2D eigenvalue weighted by molar-refractivity contribution is 0.127. The van der Waals surface area contributed by atoms with Crippen LogP contribution in [0.4, 0.5) is 0 Å². The highest BCUT2D eigenvalue weighted by Gasteiger charge is 2.27. The van der Waals surface area contributed by atoms with Crippen LogP contribution in [0.3, 0.4) is 0 Å². The molecule has 0 bridgehead atoms. The van der Waals surface area contributed by atoms with Crippen molar-refractivity contribution in [2.75, 3.05) is 13.6 Å². The zero-order chi connectivity index (χ0) is 13.0. The summed E-state index contributed by atoms with van der Waals surface area (Å²) in [6.45, 7) is 4.87. The van der Waals surface area contributed by atoms with Crippen molar-refractivity contribution < 1.29 is 0 Å². The van der Waals surface area contributed by atoms with Crippen LogP contribution in [0.1, 0.15) is 38.2 Å². The first-order chi connectivity index (χ1) is 8.74. The summed E-state index contributed by atoms with van der Waals surface area (Å²) in [5.41, 5.74) is 7.21. The second kappa shape index (κ2) is 6.34. The molecule has 0 aromatic carbocycles. The summed E-state index contributed by atoms with van der Waals surface area (Å²) in [6.07, 6.45) is 9.41. The molecular weight excluding hydrogens is 224 g/mol. The van der Waals surface area contributed by atoms with Crippen LogP contribution in [0.2, 0.25) is 0 Å². The van der Waals surface area contributed by atoms with Crippen LogP contribution < -0.4 is 5.73 Å². The molecule has 1 aliphatic rings. The molecule has 0 radical (unpaired) electrons. The van der Waals surface area contributed by atoms with Gasteiger partial charge < -0.3 is 5.73 Å². The van der Waals surface area contributed by atoms with Gasteiger partial charge in [-0.1, -0.05) is 12.8 Å². The fourth-order valence-corrected chi connectivity index (χ4v) is 3.11. The molecule has 0 spiro atoms. The molecule has 1 heterocycles. The summed E-state index contributed by atoms with van der Waals surface area (Å²) < 4.78 is 1.99.